The number of rotatable bonds is 3. The zero-order chi connectivity index (χ0) is 27.7. The van der Waals surface area contributed by atoms with Crippen molar-refractivity contribution in [3.63, 3.8) is 0 Å². The molecule has 0 unspecified atom stereocenters. The van der Waals surface area contributed by atoms with Crippen molar-refractivity contribution >= 4 is 39.8 Å². The molecular formula is C34H27NO5. The molecule has 4 aromatic rings. The molecule has 6 heteroatoms. The smallest absolute Gasteiger partial charge is 0.319 e. The molecule has 1 saturated heterocycles. The number of allylic oxidation sites excluding steroid dienone is 1. The van der Waals surface area contributed by atoms with E-state index in [0.29, 0.717) is 17.2 Å². The zero-order valence-electron chi connectivity index (χ0n) is 22.4. The maximum Gasteiger partial charge on any atom is 0.319 e. The number of imide groups is 1. The van der Waals surface area contributed by atoms with Crippen LogP contribution in [0.5, 0.6) is 11.5 Å². The van der Waals surface area contributed by atoms with Crippen LogP contribution in [-0.2, 0) is 14.4 Å². The van der Waals surface area contributed by atoms with Crippen LogP contribution in [0.1, 0.15) is 28.2 Å². The van der Waals surface area contributed by atoms with Crippen LogP contribution in [0, 0.1) is 31.6 Å². The summed E-state index contributed by atoms with van der Waals surface area (Å²) < 4.78 is 11.3. The number of nitrogens with zero attached hydrogens (tertiary/aromatic N) is 1. The van der Waals surface area contributed by atoms with Crippen LogP contribution in [0.25, 0.3) is 16.3 Å². The van der Waals surface area contributed by atoms with Gasteiger partial charge in [0.2, 0.25) is 11.8 Å². The number of carbonyl (C=O) groups excluding carboxylic acids is 3. The fourth-order valence-electron chi connectivity index (χ4n) is 6.73. The first-order valence-electron chi connectivity index (χ1n) is 13.4. The predicted octanol–water partition coefficient (Wildman–Crippen LogP) is 5.99. The fraction of sp³-hybridized carbons (Fsp3) is 0.206. The lowest BCUT2D eigenvalue weighted by Crippen LogP contribution is -2.42. The van der Waals surface area contributed by atoms with Gasteiger partial charge in [-0.05, 0) is 54.1 Å². The molecule has 2 heterocycles. The Morgan fingerprint density at radius 3 is 2.33 bits per heavy atom. The van der Waals surface area contributed by atoms with Gasteiger partial charge < -0.3 is 9.47 Å². The van der Waals surface area contributed by atoms with Crippen LogP contribution >= 0.6 is 0 Å². The Kier molecular flexibility index (Phi) is 5.42. The highest BCUT2D eigenvalue weighted by Crippen LogP contribution is 2.55. The van der Waals surface area contributed by atoms with Crippen molar-refractivity contribution in [3.8, 4) is 11.5 Å². The average Bonchev–Trinajstić information content (AvgIpc) is 3.22. The second-order valence-corrected chi connectivity index (χ2v) is 10.8. The van der Waals surface area contributed by atoms with Crippen LogP contribution in [0.2, 0.25) is 0 Å². The number of anilines is 1. The third kappa shape index (κ3) is 3.45. The lowest BCUT2D eigenvalue weighted by atomic mass is 9.64. The number of amides is 2. The maximum absolute atomic E-state index is 14.2. The lowest BCUT2D eigenvalue weighted by molar-refractivity contribution is -0.142. The molecule has 3 aliphatic rings. The number of methoxy groups -OCH3 is 1. The molecule has 4 atom stereocenters. The van der Waals surface area contributed by atoms with Gasteiger partial charge in [0.25, 0.3) is 0 Å². The Hall–Kier alpha value is -4.71. The van der Waals surface area contributed by atoms with E-state index in [1.807, 2.05) is 98.8 Å². The molecule has 40 heavy (non-hydrogen) atoms. The van der Waals surface area contributed by atoms with Gasteiger partial charge in [0.15, 0.2) is 0 Å². The molecule has 0 aromatic heterocycles. The molecule has 0 N–H and O–H groups in total. The topological polar surface area (TPSA) is 72.9 Å². The largest absolute Gasteiger partial charge is 0.497 e. The summed E-state index contributed by atoms with van der Waals surface area (Å²) in [6.45, 7) is 3.87. The molecule has 0 spiro atoms. The number of carbonyl (C=O) groups is 3. The summed E-state index contributed by atoms with van der Waals surface area (Å²) in [7, 11) is 1.61. The number of esters is 1. The highest BCUT2D eigenvalue weighted by atomic mass is 16.5. The molecular weight excluding hydrogens is 502 g/mol. The standard InChI is InChI=1S/C34H27NO5/c1-18-8-15-27(19(2)16-18)35-32(36)28-25(21-9-12-22(39-3)13-10-21)17-26-24-14-11-20-6-4-5-7-23(20)31(24)40-34(38)29(26)30(28)33(35)37/h4-17,25,28-30H,1-3H3/t25-,28+,29-,30+/m0/s1. The number of ether oxygens (including phenoxy) is 2. The first kappa shape index (κ1) is 24.3. The van der Waals surface area contributed by atoms with Gasteiger partial charge in [0, 0.05) is 16.9 Å². The third-order valence-electron chi connectivity index (χ3n) is 8.58. The molecule has 4 aromatic carbocycles. The van der Waals surface area contributed by atoms with Crippen molar-refractivity contribution in [3.05, 3.63) is 107 Å². The minimum atomic E-state index is -0.882. The fourth-order valence-corrected chi connectivity index (χ4v) is 6.73. The molecule has 1 fully saturated rings. The van der Waals surface area contributed by atoms with E-state index in [-0.39, 0.29) is 11.8 Å². The second-order valence-electron chi connectivity index (χ2n) is 10.8. The van der Waals surface area contributed by atoms with Crippen LogP contribution < -0.4 is 14.4 Å². The molecule has 2 amide bonds. The highest BCUT2D eigenvalue weighted by Gasteiger charge is 2.60. The quantitative estimate of drug-likeness (QED) is 0.185. The van der Waals surface area contributed by atoms with Gasteiger partial charge >= 0.3 is 5.97 Å². The number of benzene rings is 4. The summed E-state index contributed by atoms with van der Waals surface area (Å²) in [5.74, 6) is -2.88. The molecule has 0 radical (unpaired) electrons. The molecule has 0 bridgehead atoms. The van der Waals surface area contributed by atoms with Crippen LogP contribution in [0.4, 0.5) is 5.69 Å². The zero-order valence-corrected chi connectivity index (χ0v) is 22.4. The van der Waals surface area contributed by atoms with Crippen molar-refractivity contribution in [2.24, 2.45) is 17.8 Å². The molecule has 198 valence electrons. The molecule has 6 nitrogen and oxygen atoms in total. The number of hydrogen-bond donors (Lipinski definition) is 0. The highest BCUT2D eigenvalue weighted by molar-refractivity contribution is 6.25. The van der Waals surface area contributed by atoms with Gasteiger partial charge in [0.1, 0.15) is 11.5 Å². The number of aryl methyl sites for hydroxylation is 2. The minimum Gasteiger partial charge on any atom is -0.497 e. The van der Waals surface area contributed by atoms with Crippen LogP contribution in [-0.4, -0.2) is 24.9 Å². The van der Waals surface area contributed by atoms with E-state index < -0.39 is 29.6 Å². The Morgan fingerprint density at radius 1 is 0.825 bits per heavy atom. The van der Waals surface area contributed by atoms with Crippen molar-refractivity contribution in [2.45, 2.75) is 19.8 Å². The first-order valence-corrected chi connectivity index (χ1v) is 13.4. The van der Waals surface area contributed by atoms with Crippen molar-refractivity contribution in [1.29, 1.82) is 0 Å². The molecule has 2 aliphatic heterocycles. The van der Waals surface area contributed by atoms with Gasteiger partial charge in [-0.3, -0.25) is 14.4 Å². The maximum atomic E-state index is 14.2. The Labute approximate surface area is 231 Å². The van der Waals surface area contributed by atoms with Gasteiger partial charge in [0.05, 0.1) is 30.6 Å². The van der Waals surface area contributed by atoms with E-state index in [1.165, 1.54) is 4.90 Å². The van der Waals surface area contributed by atoms with E-state index in [9.17, 15) is 14.4 Å². The summed E-state index contributed by atoms with van der Waals surface area (Å²) >= 11 is 0. The predicted molar refractivity (Wildman–Crippen MR) is 152 cm³/mol. The minimum absolute atomic E-state index is 0.296. The van der Waals surface area contributed by atoms with Gasteiger partial charge in [-0.2, -0.15) is 0 Å². The van der Waals surface area contributed by atoms with Gasteiger partial charge in [-0.15, -0.1) is 0 Å². The summed E-state index contributed by atoms with van der Waals surface area (Å²) in [4.78, 5) is 43.5. The summed E-state index contributed by atoms with van der Waals surface area (Å²) in [6, 6.07) is 25.0. The van der Waals surface area contributed by atoms with E-state index in [4.69, 9.17) is 9.47 Å². The molecule has 0 saturated carbocycles. The number of hydrogen-bond acceptors (Lipinski definition) is 5. The summed E-state index contributed by atoms with van der Waals surface area (Å²) in [5.41, 5.74) is 4.83. The van der Waals surface area contributed by atoms with E-state index in [1.54, 1.807) is 7.11 Å². The SMILES string of the molecule is COc1ccc([C@@H]2C=C3c4ccc5ccccc5c4OC(=O)[C@@H]3[C@@H]3C(=O)N(c4ccc(C)cc4C)C(=O)[C@@H]32)cc1. The Morgan fingerprint density at radius 2 is 1.57 bits per heavy atom. The van der Waals surface area contributed by atoms with Gasteiger partial charge in [-0.1, -0.05) is 72.3 Å². The summed E-state index contributed by atoms with van der Waals surface area (Å²) in [6.07, 6.45) is 2.01. The first-order chi connectivity index (χ1) is 19.4. The van der Waals surface area contributed by atoms with Crippen molar-refractivity contribution in [2.75, 3.05) is 12.0 Å². The molecule has 1 aliphatic carbocycles. The second kappa shape index (κ2) is 8.91. The van der Waals surface area contributed by atoms with Gasteiger partial charge in [-0.25, -0.2) is 4.90 Å². The van der Waals surface area contributed by atoms with Crippen LogP contribution in [0.3, 0.4) is 0 Å². The van der Waals surface area contributed by atoms with E-state index in [2.05, 4.69) is 0 Å². The normalized spacial score (nSPS) is 23.3. The monoisotopic (exact) mass is 529 g/mol. The van der Waals surface area contributed by atoms with Crippen molar-refractivity contribution in [1.82, 2.24) is 0 Å². The van der Waals surface area contributed by atoms with E-state index >= 15 is 0 Å². The van der Waals surface area contributed by atoms with Crippen LogP contribution in [0.15, 0.2) is 84.9 Å². The summed E-state index contributed by atoms with van der Waals surface area (Å²) in [5, 5.41) is 1.79. The lowest BCUT2D eigenvalue weighted by Gasteiger charge is -2.38. The third-order valence-corrected chi connectivity index (χ3v) is 8.58. The molecule has 7 rings (SSSR count). The van der Waals surface area contributed by atoms with Crippen molar-refractivity contribution < 1.29 is 23.9 Å². The number of fused-ring (bicyclic) bond motifs is 7. The Bertz CT molecular complexity index is 1770. The average molecular weight is 530 g/mol. The van der Waals surface area contributed by atoms with E-state index in [0.717, 1.165) is 38.6 Å². The Balaban J connectivity index is 1.44.